The monoisotopic (exact) mass is 522 g/mol. The lowest BCUT2D eigenvalue weighted by Crippen LogP contribution is -2.33. The van der Waals surface area contributed by atoms with Crippen molar-refractivity contribution >= 4 is 5.69 Å². The molecule has 1 saturated heterocycles. The van der Waals surface area contributed by atoms with Crippen LogP contribution in [0.3, 0.4) is 0 Å². The Bertz CT molecular complexity index is 1520. The molecule has 0 aliphatic carbocycles. The summed E-state index contributed by atoms with van der Waals surface area (Å²) in [5.41, 5.74) is 2.28. The first-order valence-electron chi connectivity index (χ1n) is 11.8. The van der Waals surface area contributed by atoms with Crippen LogP contribution in [0.2, 0.25) is 0 Å². The molecule has 1 fully saturated rings. The molecule has 3 heterocycles. The molecule has 0 saturated carbocycles. The highest BCUT2D eigenvalue weighted by atomic mass is 19.4. The van der Waals surface area contributed by atoms with E-state index in [4.69, 9.17) is 9.78 Å². The number of nitrogens with zero attached hydrogens (tertiary/aromatic N) is 6. The summed E-state index contributed by atoms with van der Waals surface area (Å²) in [5.74, 6) is -0.0770. The van der Waals surface area contributed by atoms with E-state index in [1.54, 1.807) is 0 Å². The fourth-order valence-corrected chi connectivity index (χ4v) is 4.22. The van der Waals surface area contributed by atoms with Crippen molar-refractivity contribution in [1.82, 2.24) is 19.9 Å². The van der Waals surface area contributed by atoms with Gasteiger partial charge in [0.1, 0.15) is 11.4 Å². The molecule has 4 aromatic rings. The van der Waals surface area contributed by atoms with Crippen LogP contribution in [-0.2, 0) is 6.54 Å². The third-order valence-corrected chi connectivity index (χ3v) is 6.14. The highest BCUT2D eigenvalue weighted by Crippen LogP contribution is 2.27. The molecule has 2 aromatic carbocycles. The largest absolute Gasteiger partial charge is 0.573 e. The molecule has 38 heavy (non-hydrogen) atoms. The van der Waals surface area contributed by atoms with Gasteiger partial charge in [0.2, 0.25) is 5.82 Å². The highest BCUT2D eigenvalue weighted by molar-refractivity contribution is 5.58. The number of aromatic nitrogens is 4. The van der Waals surface area contributed by atoms with Gasteiger partial charge in [0.15, 0.2) is 0 Å². The summed E-state index contributed by atoms with van der Waals surface area (Å²) < 4.78 is 47.6. The second kappa shape index (κ2) is 10.4. The molecule has 0 atom stereocenters. The van der Waals surface area contributed by atoms with Gasteiger partial charge < -0.3 is 14.2 Å². The van der Waals surface area contributed by atoms with Gasteiger partial charge >= 0.3 is 6.36 Å². The predicted molar refractivity (Wildman–Crippen MR) is 130 cm³/mol. The van der Waals surface area contributed by atoms with Crippen molar-refractivity contribution in [2.45, 2.75) is 25.7 Å². The Labute approximate surface area is 214 Å². The van der Waals surface area contributed by atoms with Crippen molar-refractivity contribution in [2.24, 2.45) is 5.92 Å². The van der Waals surface area contributed by atoms with E-state index < -0.39 is 6.36 Å². The molecule has 0 bridgehead atoms. The van der Waals surface area contributed by atoms with Crippen LogP contribution < -0.4 is 15.2 Å². The number of halogens is 3. The van der Waals surface area contributed by atoms with E-state index in [0.29, 0.717) is 5.56 Å². The van der Waals surface area contributed by atoms with Gasteiger partial charge in [-0.3, -0.25) is 4.79 Å². The Morgan fingerprint density at radius 2 is 1.84 bits per heavy atom. The standard InChI is InChI=1S/C26H21F3N6O3/c27-26(28,29)37-21-6-4-19(5-7-21)24-31-25(38-33-24)22-8-9-23(36)35(32-22)16-18-2-1-3-20(14-18)34-12-10-17(15-30)11-13-34/h1-9,14,17H,10-13,16H2. The molecule has 12 heteroatoms. The maximum absolute atomic E-state index is 12.5. The van der Waals surface area contributed by atoms with Crippen molar-refractivity contribution in [2.75, 3.05) is 18.0 Å². The van der Waals surface area contributed by atoms with Crippen molar-refractivity contribution in [1.29, 1.82) is 5.26 Å². The maximum atomic E-state index is 12.5. The Morgan fingerprint density at radius 1 is 1.08 bits per heavy atom. The SMILES string of the molecule is N#CC1CCN(c2cccc(Cn3nc(-c4nc(-c5ccc(OC(F)(F)F)cc5)no4)ccc3=O)c2)CC1. The van der Waals surface area contributed by atoms with Crippen LogP contribution in [0.25, 0.3) is 23.0 Å². The Kier molecular flexibility index (Phi) is 6.83. The molecule has 2 aromatic heterocycles. The number of ether oxygens (including phenoxy) is 1. The second-order valence-electron chi connectivity index (χ2n) is 8.77. The Hall–Kier alpha value is -4.66. The number of rotatable bonds is 6. The van der Waals surface area contributed by atoms with E-state index in [1.165, 1.54) is 28.9 Å². The first kappa shape index (κ1) is 25.0. The van der Waals surface area contributed by atoms with Gasteiger partial charge in [0, 0.05) is 36.3 Å². The van der Waals surface area contributed by atoms with Crippen LogP contribution in [0.4, 0.5) is 18.9 Å². The zero-order chi connectivity index (χ0) is 26.7. The molecule has 5 rings (SSSR count). The molecule has 1 aliphatic rings. The number of piperidine rings is 1. The van der Waals surface area contributed by atoms with Gasteiger partial charge in [0.05, 0.1) is 12.6 Å². The third kappa shape index (κ3) is 5.83. The zero-order valence-electron chi connectivity index (χ0n) is 19.9. The van der Waals surface area contributed by atoms with Crippen molar-refractivity contribution in [3.63, 3.8) is 0 Å². The fourth-order valence-electron chi connectivity index (χ4n) is 4.22. The van der Waals surface area contributed by atoms with Gasteiger partial charge in [-0.25, -0.2) is 4.68 Å². The number of anilines is 1. The first-order chi connectivity index (χ1) is 18.3. The molecule has 1 aliphatic heterocycles. The summed E-state index contributed by atoms with van der Waals surface area (Å²) in [6.07, 6.45) is -3.14. The number of hydrogen-bond donors (Lipinski definition) is 0. The molecule has 0 unspecified atom stereocenters. The number of hydrogen-bond acceptors (Lipinski definition) is 8. The molecule has 194 valence electrons. The number of alkyl halides is 3. The lowest BCUT2D eigenvalue weighted by atomic mass is 9.98. The Balaban J connectivity index is 1.32. The summed E-state index contributed by atoms with van der Waals surface area (Å²) in [5, 5.41) is 17.4. The number of nitriles is 1. The minimum Gasteiger partial charge on any atom is -0.406 e. The molecule has 0 spiro atoms. The van der Waals surface area contributed by atoms with Gasteiger partial charge in [-0.05, 0) is 60.9 Å². The quantitative estimate of drug-likeness (QED) is 0.360. The van der Waals surface area contributed by atoms with Gasteiger partial charge in [-0.15, -0.1) is 13.2 Å². The predicted octanol–water partition coefficient (Wildman–Crippen LogP) is 4.65. The minimum atomic E-state index is -4.79. The van der Waals surface area contributed by atoms with Crippen LogP contribution >= 0.6 is 0 Å². The van der Waals surface area contributed by atoms with Crippen molar-refractivity contribution < 1.29 is 22.4 Å². The molecular formula is C26H21F3N6O3. The van der Waals surface area contributed by atoms with Crippen LogP contribution in [0.5, 0.6) is 5.75 Å². The average Bonchev–Trinajstić information content (AvgIpc) is 3.40. The smallest absolute Gasteiger partial charge is 0.406 e. The molecule has 0 N–H and O–H groups in total. The van der Waals surface area contributed by atoms with Crippen LogP contribution in [0.1, 0.15) is 18.4 Å². The van der Waals surface area contributed by atoms with E-state index in [2.05, 4.69) is 30.9 Å². The van der Waals surface area contributed by atoms with Crippen molar-refractivity contribution in [3.05, 3.63) is 76.6 Å². The summed E-state index contributed by atoms with van der Waals surface area (Å²) in [6.45, 7) is 1.82. The Morgan fingerprint density at radius 3 is 2.55 bits per heavy atom. The normalized spacial score (nSPS) is 14.3. The van der Waals surface area contributed by atoms with E-state index >= 15 is 0 Å². The molecular weight excluding hydrogens is 501 g/mol. The maximum Gasteiger partial charge on any atom is 0.573 e. The molecule has 0 radical (unpaired) electrons. The number of benzene rings is 2. The van der Waals surface area contributed by atoms with Crippen LogP contribution in [0, 0.1) is 17.2 Å². The van der Waals surface area contributed by atoms with Crippen LogP contribution in [0.15, 0.2) is 70.0 Å². The van der Waals surface area contributed by atoms with Gasteiger partial charge in [0.25, 0.3) is 11.4 Å². The summed E-state index contributed by atoms with van der Waals surface area (Å²) >= 11 is 0. The third-order valence-electron chi connectivity index (χ3n) is 6.14. The summed E-state index contributed by atoms with van der Waals surface area (Å²) in [4.78, 5) is 19.0. The van der Waals surface area contributed by atoms with Gasteiger partial charge in [-0.1, -0.05) is 17.3 Å². The van der Waals surface area contributed by atoms with Gasteiger partial charge in [-0.2, -0.15) is 15.3 Å². The van der Waals surface area contributed by atoms with E-state index in [0.717, 1.165) is 49.3 Å². The van der Waals surface area contributed by atoms with Crippen molar-refractivity contribution in [3.8, 4) is 34.8 Å². The summed E-state index contributed by atoms with van der Waals surface area (Å²) in [6, 6.07) is 18.0. The minimum absolute atomic E-state index is 0.0542. The first-order valence-corrected chi connectivity index (χ1v) is 11.8. The molecule has 0 amide bonds. The van der Waals surface area contributed by atoms with Crippen LogP contribution in [-0.4, -0.2) is 39.4 Å². The second-order valence-corrected chi connectivity index (χ2v) is 8.77. The average molecular weight is 522 g/mol. The topological polar surface area (TPSA) is 110 Å². The zero-order valence-corrected chi connectivity index (χ0v) is 19.9. The molecule has 9 nitrogen and oxygen atoms in total. The lowest BCUT2D eigenvalue weighted by molar-refractivity contribution is -0.274. The lowest BCUT2D eigenvalue weighted by Gasteiger charge is -2.31. The summed E-state index contributed by atoms with van der Waals surface area (Å²) in [7, 11) is 0. The highest BCUT2D eigenvalue weighted by Gasteiger charge is 2.31. The van der Waals surface area contributed by atoms with E-state index in [-0.39, 0.29) is 41.2 Å². The van der Waals surface area contributed by atoms with E-state index in [9.17, 15) is 18.0 Å². The fraction of sp³-hybridized carbons (Fsp3) is 0.269. The van der Waals surface area contributed by atoms with E-state index in [1.807, 2.05) is 24.3 Å².